The maximum absolute atomic E-state index is 12.1. The highest BCUT2D eigenvalue weighted by molar-refractivity contribution is 5.76. The maximum Gasteiger partial charge on any atom is 0.222 e. The zero-order valence-electron chi connectivity index (χ0n) is 12.9. The zero-order chi connectivity index (χ0) is 15.9. The highest BCUT2D eigenvalue weighted by Gasteiger charge is 2.22. The van der Waals surface area contributed by atoms with Crippen molar-refractivity contribution < 1.29 is 9.53 Å². The van der Waals surface area contributed by atoms with Gasteiger partial charge < -0.3 is 15.4 Å². The van der Waals surface area contributed by atoms with Gasteiger partial charge >= 0.3 is 0 Å². The minimum Gasteiger partial charge on any atom is -0.493 e. The molecule has 120 valence electrons. The van der Waals surface area contributed by atoms with Crippen molar-refractivity contribution in [1.82, 2.24) is 15.3 Å². The number of carbonyl (C=O) groups excluding carboxylic acids is 1. The van der Waals surface area contributed by atoms with Crippen LogP contribution in [0.3, 0.4) is 0 Å². The highest BCUT2D eigenvalue weighted by Crippen LogP contribution is 2.31. The van der Waals surface area contributed by atoms with Gasteiger partial charge in [0.2, 0.25) is 11.9 Å². The van der Waals surface area contributed by atoms with E-state index in [2.05, 4.69) is 20.6 Å². The third kappa shape index (κ3) is 4.18. The van der Waals surface area contributed by atoms with E-state index in [1.54, 1.807) is 18.5 Å². The first kappa shape index (κ1) is 15.3. The van der Waals surface area contributed by atoms with E-state index in [9.17, 15) is 4.79 Å². The van der Waals surface area contributed by atoms with Gasteiger partial charge in [0.1, 0.15) is 5.75 Å². The van der Waals surface area contributed by atoms with E-state index >= 15 is 0 Å². The van der Waals surface area contributed by atoms with Crippen molar-refractivity contribution in [1.29, 1.82) is 0 Å². The van der Waals surface area contributed by atoms with Crippen molar-refractivity contribution in [3.05, 3.63) is 48.3 Å². The summed E-state index contributed by atoms with van der Waals surface area (Å²) in [4.78, 5) is 20.3. The number of aromatic nitrogens is 2. The number of carbonyl (C=O) groups is 1. The molecule has 0 saturated carbocycles. The normalized spacial score (nSPS) is 16.1. The van der Waals surface area contributed by atoms with Gasteiger partial charge in [0.05, 0.1) is 12.6 Å². The lowest BCUT2D eigenvalue weighted by Gasteiger charge is -2.26. The smallest absolute Gasteiger partial charge is 0.222 e. The summed E-state index contributed by atoms with van der Waals surface area (Å²) in [6, 6.07) is 9.67. The molecule has 0 spiro atoms. The topological polar surface area (TPSA) is 76.1 Å². The van der Waals surface area contributed by atoms with E-state index in [1.807, 2.05) is 24.3 Å². The molecule has 6 heteroatoms. The summed E-state index contributed by atoms with van der Waals surface area (Å²) in [7, 11) is 0. The second kappa shape index (κ2) is 7.58. The molecule has 1 amide bonds. The first-order chi connectivity index (χ1) is 11.3. The molecule has 2 heterocycles. The molecule has 2 aromatic rings. The minimum atomic E-state index is 0.0397. The molecule has 0 aliphatic carbocycles. The Kier molecular flexibility index (Phi) is 5.03. The fourth-order valence-electron chi connectivity index (χ4n) is 2.60. The molecule has 1 aromatic heterocycles. The maximum atomic E-state index is 12.1. The lowest BCUT2D eigenvalue weighted by molar-refractivity contribution is -0.122. The monoisotopic (exact) mass is 312 g/mol. The zero-order valence-corrected chi connectivity index (χ0v) is 12.9. The molecular weight excluding hydrogens is 292 g/mol. The summed E-state index contributed by atoms with van der Waals surface area (Å²) in [5.74, 6) is 1.51. The Labute approximate surface area is 135 Å². The summed E-state index contributed by atoms with van der Waals surface area (Å²) in [5.41, 5.74) is 1.06. The number of anilines is 1. The molecule has 0 unspecified atom stereocenters. The molecule has 1 aromatic carbocycles. The molecule has 0 fully saturated rings. The molecule has 0 radical (unpaired) electrons. The second-order valence-electron chi connectivity index (χ2n) is 5.40. The van der Waals surface area contributed by atoms with Crippen LogP contribution in [0, 0.1) is 0 Å². The first-order valence-electron chi connectivity index (χ1n) is 7.85. The van der Waals surface area contributed by atoms with Crippen LogP contribution in [0.2, 0.25) is 0 Å². The van der Waals surface area contributed by atoms with Gasteiger partial charge in [0, 0.05) is 37.3 Å². The highest BCUT2D eigenvalue weighted by atomic mass is 16.5. The molecular formula is C17H20N4O2. The van der Waals surface area contributed by atoms with Crippen LogP contribution in [0.1, 0.15) is 30.9 Å². The third-order valence-corrected chi connectivity index (χ3v) is 3.72. The number of ether oxygens (including phenoxy) is 1. The Morgan fingerprint density at radius 1 is 1.22 bits per heavy atom. The fraction of sp³-hybridized carbons (Fsp3) is 0.353. The molecule has 0 bridgehead atoms. The summed E-state index contributed by atoms with van der Waals surface area (Å²) < 4.78 is 5.61. The number of nitrogens with one attached hydrogen (secondary N) is 2. The Balaban J connectivity index is 1.43. The van der Waals surface area contributed by atoms with E-state index in [0.717, 1.165) is 24.2 Å². The number of hydrogen-bond donors (Lipinski definition) is 2. The van der Waals surface area contributed by atoms with E-state index < -0.39 is 0 Å². The predicted molar refractivity (Wildman–Crippen MR) is 87.2 cm³/mol. The van der Waals surface area contributed by atoms with Crippen LogP contribution >= 0.6 is 0 Å². The van der Waals surface area contributed by atoms with Crippen LogP contribution < -0.4 is 15.4 Å². The van der Waals surface area contributed by atoms with Crippen molar-refractivity contribution in [2.24, 2.45) is 0 Å². The Morgan fingerprint density at radius 3 is 2.91 bits per heavy atom. The average Bonchev–Trinajstić information content (AvgIpc) is 2.60. The van der Waals surface area contributed by atoms with E-state index in [0.29, 0.717) is 25.5 Å². The molecule has 1 atom stereocenters. The Bertz CT molecular complexity index is 648. The predicted octanol–water partition coefficient (Wildman–Crippen LogP) is 2.31. The minimum absolute atomic E-state index is 0.0397. The van der Waals surface area contributed by atoms with Gasteiger partial charge in [-0.05, 0) is 18.6 Å². The lowest BCUT2D eigenvalue weighted by Crippen LogP contribution is -2.32. The Hall–Kier alpha value is -2.63. The Morgan fingerprint density at radius 2 is 2.04 bits per heavy atom. The number of nitrogens with zero attached hydrogens (tertiary/aromatic N) is 2. The third-order valence-electron chi connectivity index (χ3n) is 3.72. The van der Waals surface area contributed by atoms with Crippen molar-refractivity contribution in [3.63, 3.8) is 0 Å². The SMILES string of the molecule is O=C(CCCNc1ncccn1)N[C@@H]1CCOc2ccccc21. The molecule has 1 aliphatic heterocycles. The largest absolute Gasteiger partial charge is 0.493 e. The fourth-order valence-corrected chi connectivity index (χ4v) is 2.60. The van der Waals surface area contributed by atoms with E-state index in [4.69, 9.17) is 4.74 Å². The molecule has 6 nitrogen and oxygen atoms in total. The number of amides is 1. The van der Waals surface area contributed by atoms with Gasteiger partial charge in [-0.15, -0.1) is 0 Å². The van der Waals surface area contributed by atoms with Crippen LogP contribution in [0.15, 0.2) is 42.7 Å². The van der Waals surface area contributed by atoms with Gasteiger partial charge in [-0.2, -0.15) is 0 Å². The number of hydrogen-bond acceptors (Lipinski definition) is 5. The lowest BCUT2D eigenvalue weighted by atomic mass is 10.0. The van der Waals surface area contributed by atoms with Crippen molar-refractivity contribution in [2.45, 2.75) is 25.3 Å². The van der Waals surface area contributed by atoms with Crippen LogP contribution in [0.4, 0.5) is 5.95 Å². The number of para-hydroxylation sites is 1. The van der Waals surface area contributed by atoms with Crippen molar-refractivity contribution >= 4 is 11.9 Å². The average molecular weight is 312 g/mol. The summed E-state index contributed by atoms with van der Waals surface area (Å²) >= 11 is 0. The summed E-state index contributed by atoms with van der Waals surface area (Å²) in [5, 5.41) is 6.19. The van der Waals surface area contributed by atoms with Gasteiger partial charge in [-0.3, -0.25) is 4.79 Å². The standard InChI is InChI=1S/C17H20N4O2/c22-16(7-3-9-18-17-19-10-4-11-20-17)21-14-8-12-23-15-6-2-1-5-13(14)15/h1-2,4-6,10-11,14H,3,7-9,12H2,(H,21,22)(H,18,19,20)/t14-/m1/s1. The first-order valence-corrected chi connectivity index (χ1v) is 7.85. The van der Waals surface area contributed by atoms with Crippen LogP contribution in [0.5, 0.6) is 5.75 Å². The van der Waals surface area contributed by atoms with Crippen molar-refractivity contribution in [2.75, 3.05) is 18.5 Å². The van der Waals surface area contributed by atoms with Gasteiger partial charge in [-0.1, -0.05) is 18.2 Å². The van der Waals surface area contributed by atoms with Gasteiger partial charge in [0.25, 0.3) is 0 Å². The van der Waals surface area contributed by atoms with Crippen molar-refractivity contribution in [3.8, 4) is 5.75 Å². The number of benzene rings is 1. The van der Waals surface area contributed by atoms with Gasteiger partial charge in [-0.25, -0.2) is 9.97 Å². The van der Waals surface area contributed by atoms with Crippen LogP contribution in [0.25, 0.3) is 0 Å². The summed E-state index contributed by atoms with van der Waals surface area (Å²) in [6.45, 7) is 1.30. The molecule has 2 N–H and O–H groups in total. The summed E-state index contributed by atoms with van der Waals surface area (Å²) in [6.07, 6.45) is 5.38. The van der Waals surface area contributed by atoms with E-state index in [1.165, 1.54) is 0 Å². The van der Waals surface area contributed by atoms with E-state index in [-0.39, 0.29) is 11.9 Å². The molecule has 0 saturated heterocycles. The van der Waals surface area contributed by atoms with Crippen LogP contribution in [-0.4, -0.2) is 29.0 Å². The van der Waals surface area contributed by atoms with Crippen LogP contribution in [-0.2, 0) is 4.79 Å². The quantitative estimate of drug-likeness (QED) is 0.801. The number of fused-ring (bicyclic) bond motifs is 1. The second-order valence-corrected chi connectivity index (χ2v) is 5.40. The number of rotatable bonds is 6. The molecule has 1 aliphatic rings. The molecule has 3 rings (SSSR count). The molecule has 23 heavy (non-hydrogen) atoms. The van der Waals surface area contributed by atoms with Gasteiger partial charge in [0.15, 0.2) is 0 Å².